The zero-order chi connectivity index (χ0) is 21.7. The number of piperidine rings is 1. The summed E-state index contributed by atoms with van der Waals surface area (Å²) in [5, 5.41) is 0. The van der Waals surface area contributed by atoms with Crippen molar-refractivity contribution in [3.63, 3.8) is 0 Å². The number of nitrogens with one attached hydrogen (secondary N) is 1. The second-order valence-corrected chi connectivity index (χ2v) is 10.3. The average molecular weight is 453 g/mol. The van der Waals surface area contributed by atoms with Gasteiger partial charge in [-0.05, 0) is 73.9 Å². The molecule has 0 saturated carbocycles. The van der Waals surface area contributed by atoms with Crippen molar-refractivity contribution in [2.45, 2.75) is 33.9 Å². The van der Waals surface area contributed by atoms with E-state index in [-0.39, 0.29) is 10.8 Å². The summed E-state index contributed by atoms with van der Waals surface area (Å²) in [6.45, 7) is 1.45. The Hall–Kier alpha value is -2.77. The Morgan fingerprint density at radius 1 is 0.806 bits per heavy atom. The fourth-order valence-electron chi connectivity index (χ4n) is 3.51. The molecular formula is C24H24N2O3S2. The van der Waals surface area contributed by atoms with Crippen LogP contribution in [0.25, 0.3) is 0 Å². The molecule has 4 rings (SSSR count). The van der Waals surface area contributed by atoms with E-state index in [0.717, 1.165) is 42.1 Å². The van der Waals surface area contributed by atoms with E-state index in [4.69, 9.17) is 0 Å². The van der Waals surface area contributed by atoms with Crippen LogP contribution in [0, 0.1) is 0 Å². The quantitative estimate of drug-likeness (QED) is 0.554. The van der Waals surface area contributed by atoms with Gasteiger partial charge < -0.3 is 4.90 Å². The fraction of sp³-hybridized carbons (Fsp3) is 0.208. The Bertz CT molecular complexity index is 1140. The zero-order valence-corrected chi connectivity index (χ0v) is 18.7. The van der Waals surface area contributed by atoms with Crippen LogP contribution in [0.4, 0.5) is 5.69 Å². The fourth-order valence-corrected chi connectivity index (χ4v) is 5.45. The molecular weight excluding hydrogens is 428 g/mol. The first-order chi connectivity index (χ1) is 15.0. The predicted octanol–water partition coefficient (Wildman–Crippen LogP) is 5.26. The van der Waals surface area contributed by atoms with Gasteiger partial charge in [0.2, 0.25) is 0 Å². The molecule has 1 saturated heterocycles. The lowest BCUT2D eigenvalue weighted by Gasteiger charge is -2.26. The summed E-state index contributed by atoms with van der Waals surface area (Å²) in [5.74, 6) is -0.112. The molecule has 0 atom stereocenters. The highest BCUT2D eigenvalue weighted by Crippen LogP contribution is 2.29. The molecule has 3 aromatic carbocycles. The minimum atomic E-state index is -3.80. The normalized spacial score (nSPS) is 14.3. The van der Waals surface area contributed by atoms with E-state index in [9.17, 15) is 13.2 Å². The summed E-state index contributed by atoms with van der Waals surface area (Å²) < 4.78 is 28.4. The summed E-state index contributed by atoms with van der Waals surface area (Å²) in [6, 6.07) is 23.5. The highest BCUT2D eigenvalue weighted by atomic mass is 32.2. The predicted molar refractivity (Wildman–Crippen MR) is 124 cm³/mol. The van der Waals surface area contributed by atoms with Crippen LogP contribution in [0.5, 0.6) is 0 Å². The van der Waals surface area contributed by atoms with Gasteiger partial charge in [-0.15, -0.1) is 0 Å². The SMILES string of the molecule is O=C(c1cccc(S(=O)(=O)Nc2ccc(Sc3ccccc3)cc2)c1)N1CCCCC1. The number of carbonyl (C=O) groups is 1. The molecule has 3 aromatic rings. The van der Waals surface area contributed by atoms with Gasteiger partial charge in [0.15, 0.2) is 0 Å². The van der Waals surface area contributed by atoms with E-state index in [0.29, 0.717) is 11.3 Å². The minimum absolute atomic E-state index is 0.0816. The number of sulfonamides is 1. The van der Waals surface area contributed by atoms with Gasteiger partial charge in [-0.2, -0.15) is 0 Å². The highest BCUT2D eigenvalue weighted by molar-refractivity contribution is 7.99. The first-order valence-corrected chi connectivity index (χ1v) is 12.6. The molecule has 0 unspecified atom stereocenters. The number of rotatable bonds is 6. The first-order valence-electron chi connectivity index (χ1n) is 10.3. The molecule has 1 amide bonds. The number of amides is 1. The van der Waals surface area contributed by atoms with Crippen molar-refractivity contribution < 1.29 is 13.2 Å². The lowest BCUT2D eigenvalue weighted by atomic mass is 10.1. The summed E-state index contributed by atoms with van der Waals surface area (Å²) in [4.78, 5) is 16.7. The summed E-state index contributed by atoms with van der Waals surface area (Å²) in [6.07, 6.45) is 3.11. The Balaban J connectivity index is 1.46. The molecule has 5 nitrogen and oxygen atoms in total. The maximum absolute atomic E-state index is 12.9. The van der Waals surface area contributed by atoms with Gasteiger partial charge in [0.1, 0.15) is 0 Å². The topological polar surface area (TPSA) is 66.5 Å². The van der Waals surface area contributed by atoms with Gasteiger partial charge in [-0.25, -0.2) is 8.42 Å². The number of carbonyl (C=O) groups excluding carboxylic acids is 1. The first kappa shape index (κ1) is 21.5. The third kappa shape index (κ3) is 5.48. The number of hydrogen-bond donors (Lipinski definition) is 1. The molecule has 0 radical (unpaired) electrons. The van der Waals surface area contributed by atoms with Crippen LogP contribution in [0.2, 0.25) is 0 Å². The Labute approximate surface area is 187 Å². The van der Waals surface area contributed by atoms with E-state index in [1.807, 2.05) is 42.5 Å². The van der Waals surface area contributed by atoms with Gasteiger partial charge in [-0.3, -0.25) is 9.52 Å². The van der Waals surface area contributed by atoms with Crippen molar-refractivity contribution in [1.29, 1.82) is 0 Å². The second kappa shape index (κ2) is 9.58. The molecule has 1 N–H and O–H groups in total. The molecule has 1 aliphatic heterocycles. The van der Waals surface area contributed by atoms with E-state index in [2.05, 4.69) is 4.72 Å². The Kier molecular flexibility index (Phi) is 6.63. The monoisotopic (exact) mass is 452 g/mol. The minimum Gasteiger partial charge on any atom is -0.339 e. The third-order valence-electron chi connectivity index (χ3n) is 5.12. The van der Waals surface area contributed by atoms with Crippen LogP contribution in [-0.2, 0) is 10.0 Å². The molecule has 1 aliphatic rings. The lowest BCUT2D eigenvalue weighted by Crippen LogP contribution is -2.35. The van der Waals surface area contributed by atoms with Crippen LogP contribution < -0.4 is 4.72 Å². The smallest absolute Gasteiger partial charge is 0.261 e. The van der Waals surface area contributed by atoms with Crippen molar-refractivity contribution in [2.75, 3.05) is 17.8 Å². The van der Waals surface area contributed by atoms with Gasteiger partial charge in [0, 0.05) is 34.1 Å². The van der Waals surface area contributed by atoms with E-state index >= 15 is 0 Å². The molecule has 160 valence electrons. The van der Waals surface area contributed by atoms with Gasteiger partial charge >= 0.3 is 0 Å². The highest BCUT2D eigenvalue weighted by Gasteiger charge is 2.21. The number of nitrogens with zero attached hydrogens (tertiary/aromatic N) is 1. The van der Waals surface area contributed by atoms with Crippen LogP contribution in [-0.4, -0.2) is 32.3 Å². The molecule has 1 fully saturated rings. The third-order valence-corrected chi connectivity index (χ3v) is 7.51. The Morgan fingerprint density at radius 2 is 1.48 bits per heavy atom. The van der Waals surface area contributed by atoms with E-state index in [1.54, 1.807) is 40.9 Å². The van der Waals surface area contributed by atoms with Crippen LogP contribution in [0.15, 0.2) is 93.5 Å². The molecule has 0 aliphatic carbocycles. The summed E-state index contributed by atoms with van der Waals surface area (Å²) in [7, 11) is -3.80. The number of hydrogen-bond acceptors (Lipinski definition) is 4. The van der Waals surface area contributed by atoms with Gasteiger partial charge in [0.25, 0.3) is 15.9 Å². The van der Waals surface area contributed by atoms with Gasteiger partial charge in [-0.1, -0.05) is 36.0 Å². The van der Waals surface area contributed by atoms with E-state index < -0.39 is 10.0 Å². The van der Waals surface area contributed by atoms with Crippen molar-refractivity contribution >= 4 is 33.4 Å². The number of benzene rings is 3. The summed E-state index contributed by atoms with van der Waals surface area (Å²) >= 11 is 1.61. The van der Waals surface area contributed by atoms with Crippen molar-refractivity contribution in [3.05, 3.63) is 84.4 Å². The van der Waals surface area contributed by atoms with Gasteiger partial charge in [0.05, 0.1) is 4.90 Å². The number of likely N-dealkylation sites (tertiary alicyclic amines) is 1. The molecule has 0 bridgehead atoms. The molecule has 1 heterocycles. The van der Waals surface area contributed by atoms with Crippen LogP contribution in [0.3, 0.4) is 0 Å². The maximum atomic E-state index is 12.9. The molecule has 0 aromatic heterocycles. The Morgan fingerprint density at radius 3 is 2.19 bits per heavy atom. The second-order valence-electron chi connectivity index (χ2n) is 7.43. The maximum Gasteiger partial charge on any atom is 0.261 e. The van der Waals surface area contributed by atoms with Crippen molar-refractivity contribution in [3.8, 4) is 0 Å². The summed E-state index contributed by atoms with van der Waals surface area (Å²) in [5.41, 5.74) is 0.879. The van der Waals surface area contributed by atoms with Crippen LogP contribution in [0.1, 0.15) is 29.6 Å². The lowest BCUT2D eigenvalue weighted by molar-refractivity contribution is 0.0724. The largest absolute Gasteiger partial charge is 0.339 e. The zero-order valence-electron chi connectivity index (χ0n) is 17.0. The van der Waals surface area contributed by atoms with E-state index in [1.165, 1.54) is 12.1 Å². The van der Waals surface area contributed by atoms with Crippen LogP contribution >= 0.6 is 11.8 Å². The standard InChI is InChI=1S/C24H24N2O3S2/c27-24(26-16-5-2-6-17-26)19-8-7-11-23(18-19)31(28,29)25-20-12-14-22(15-13-20)30-21-9-3-1-4-10-21/h1,3-4,7-15,18,25H,2,5-6,16-17H2. The molecule has 7 heteroatoms. The molecule has 0 spiro atoms. The van der Waals surface area contributed by atoms with Crippen molar-refractivity contribution in [2.24, 2.45) is 0 Å². The molecule has 31 heavy (non-hydrogen) atoms. The number of anilines is 1. The average Bonchev–Trinajstić information content (AvgIpc) is 2.81. The van der Waals surface area contributed by atoms with Crippen molar-refractivity contribution in [1.82, 2.24) is 4.90 Å².